The number of carbonyl (C=O) groups excluding carboxylic acids is 1. The molecule has 1 aliphatic rings. The number of nitrogens with zero attached hydrogens (tertiary/aromatic N) is 2. The molecule has 0 aromatic heterocycles. The minimum Gasteiger partial charge on any atom is -0.493 e. The maximum atomic E-state index is 13.9. The molecule has 0 aliphatic carbocycles. The first-order valence-corrected chi connectivity index (χ1v) is 9.01. The van der Waals surface area contributed by atoms with Crippen molar-refractivity contribution in [2.75, 3.05) is 38.2 Å². The van der Waals surface area contributed by atoms with Gasteiger partial charge in [-0.3, -0.25) is 4.79 Å². The zero-order valence-electron chi connectivity index (χ0n) is 15.6. The number of aryl methyl sites for hydroxylation is 2. The van der Waals surface area contributed by atoms with Crippen LogP contribution in [0.1, 0.15) is 28.4 Å². The zero-order valence-corrected chi connectivity index (χ0v) is 15.6. The van der Waals surface area contributed by atoms with Crippen molar-refractivity contribution in [3.8, 4) is 5.75 Å². The molecule has 0 spiro atoms. The van der Waals surface area contributed by atoms with Gasteiger partial charge in [0.2, 0.25) is 0 Å². The Hall–Kier alpha value is -2.56. The van der Waals surface area contributed by atoms with Crippen molar-refractivity contribution in [3.05, 3.63) is 58.9 Å². The topological polar surface area (TPSA) is 32.8 Å². The first-order chi connectivity index (χ1) is 12.5. The fourth-order valence-electron chi connectivity index (χ4n) is 3.42. The van der Waals surface area contributed by atoms with Crippen molar-refractivity contribution in [3.63, 3.8) is 0 Å². The summed E-state index contributed by atoms with van der Waals surface area (Å²) in [6.07, 6.45) is 1.01. The van der Waals surface area contributed by atoms with Crippen LogP contribution in [-0.4, -0.2) is 44.1 Å². The third-order valence-corrected chi connectivity index (χ3v) is 4.99. The number of amides is 1. The van der Waals surface area contributed by atoms with Crippen molar-refractivity contribution >= 4 is 11.6 Å². The van der Waals surface area contributed by atoms with Crippen LogP contribution in [0.2, 0.25) is 0 Å². The van der Waals surface area contributed by atoms with E-state index in [-0.39, 0.29) is 17.2 Å². The Kier molecular flexibility index (Phi) is 5.45. The Morgan fingerprint density at radius 2 is 1.88 bits per heavy atom. The number of hydrogen-bond donors (Lipinski definition) is 0. The first kappa shape index (κ1) is 18.2. The second kappa shape index (κ2) is 7.77. The number of para-hydroxylation sites is 1. The molecule has 2 aromatic carbocycles. The highest BCUT2D eigenvalue weighted by molar-refractivity contribution is 5.97. The molecule has 0 atom stereocenters. The highest BCUT2D eigenvalue weighted by atomic mass is 19.1. The molecule has 0 bridgehead atoms. The number of ether oxygens (including phenoxy) is 1. The Morgan fingerprint density at radius 3 is 2.54 bits per heavy atom. The largest absolute Gasteiger partial charge is 0.493 e. The second-order valence-corrected chi connectivity index (χ2v) is 6.57. The molecule has 1 amide bonds. The molecule has 138 valence electrons. The zero-order chi connectivity index (χ0) is 18.7. The Bertz CT molecular complexity index is 799. The van der Waals surface area contributed by atoms with Crippen molar-refractivity contribution in [2.24, 2.45) is 0 Å². The summed E-state index contributed by atoms with van der Waals surface area (Å²) in [6.45, 7) is 7.00. The van der Waals surface area contributed by atoms with Gasteiger partial charge in [0.25, 0.3) is 5.91 Å². The minimum atomic E-state index is -0.510. The first-order valence-electron chi connectivity index (χ1n) is 9.01. The van der Waals surface area contributed by atoms with Gasteiger partial charge < -0.3 is 14.5 Å². The quantitative estimate of drug-likeness (QED) is 0.838. The maximum absolute atomic E-state index is 13.9. The van der Waals surface area contributed by atoms with Gasteiger partial charge in [-0.25, -0.2) is 4.39 Å². The highest BCUT2D eigenvalue weighted by Gasteiger charge is 2.26. The minimum absolute atomic E-state index is 0.0198. The molecule has 1 aliphatic heterocycles. The van der Waals surface area contributed by atoms with Gasteiger partial charge in [0.05, 0.1) is 12.7 Å². The monoisotopic (exact) mass is 356 g/mol. The van der Waals surface area contributed by atoms with Crippen molar-refractivity contribution < 1.29 is 13.9 Å². The summed E-state index contributed by atoms with van der Waals surface area (Å²) in [6, 6.07) is 11.0. The maximum Gasteiger partial charge on any atom is 0.257 e. The number of methoxy groups -OCH3 is 1. The predicted molar refractivity (Wildman–Crippen MR) is 102 cm³/mol. The molecule has 26 heavy (non-hydrogen) atoms. The number of piperazine rings is 1. The molecule has 0 saturated carbocycles. The van der Waals surface area contributed by atoms with Gasteiger partial charge >= 0.3 is 0 Å². The van der Waals surface area contributed by atoms with E-state index in [0.29, 0.717) is 13.1 Å². The molecule has 0 radical (unpaired) electrons. The van der Waals surface area contributed by atoms with E-state index in [0.717, 1.165) is 19.5 Å². The van der Waals surface area contributed by atoms with Gasteiger partial charge in [-0.1, -0.05) is 25.1 Å². The lowest BCUT2D eigenvalue weighted by Gasteiger charge is -2.37. The van der Waals surface area contributed by atoms with E-state index in [1.165, 1.54) is 30.0 Å². The number of benzene rings is 2. The lowest BCUT2D eigenvalue weighted by atomic mass is 10.1. The van der Waals surface area contributed by atoms with Gasteiger partial charge in [-0.05, 0) is 42.7 Å². The average molecular weight is 356 g/mol. The summed E-state index contributed by atoms with van der Waals surface area (Å²) in [5.74, 6) is -0.671. The standard InChI is InChI=1S/C21H25FN2O2/c1-4-16-9-8-15(2)19(14-16)23-10-12-24(13-11-23)21(25)17-6-5-7-18(22)20(17)26-3/h5-9,14H,4,10-13H2,1-3H3. The molecular weight excluding hydrogens is 331 g/mol. The summed E-state index contributed by atoms with van der Waals surface area (Å²) < 4.78 is 19.0. The summed E-state index contributed by atoms with van der Waals surface area (Å²) in [5, 5.41) is 0. The summed E-state index contributed by atoms with van der Waals surface area (Å²) in [7, 11) is 1.39. The van der Waals surface area contributed by atoms with Crippen LogP contribution >= 0.6 is 0 Å². The van der Waals surface area contributed by atoms with Crippen LogP contribution < -0.4 is 9.64 Å². The van der Waals surface area contributed by atoms with Crippen LogP contribution in [0.3, 0.4) is 0 Å². The Morgan fingerprint density at radius 1 is 1.15 bits per heavy atom. The Balaban J connectivity index is 1.73. The normalized spacial score (nSPS) is 14.5. The van der Waals surface area contributed by atoms with Crippen molar-refractivity contribution in [1.29, 1.82) is 0 Å². The summed E-state index contributed by atoms with van der Waals surface area (Å²) in [4.78, 5) is 16.9. The van der Waals surface area contributed by atoms with E-state index in [1.54, 1.807) is 17.0 Å². The van der Waals surface area contributed by atoms with Crippen molar-refractivity contribution in [2.45, 2.75) is 20.3 Å². The van der Waals surface area contributed by atoms with Gasteiger partial charge in [-0.2, -0.15) is 0 Å². The predicted octanol–water partition coefficient (Wildman–Crippen LogP) is 3.67. The summed E-state index contributed by atoms with van der Waals surface area (Å²) in [5.41, 5.74) is 4.08. The molecule has 1 fully saturated rings. The number of rotatable bonds is 4. The highest BCUT2D eigenvalue weighted by Crippen LogP contribution is 2.26. The van der Waals surface area contributed by atoms with Crippen LogP contribution in [0.15, 0.2) is 36.4 Å². The molecule has 0 unspecified atom stereocenters. The number of carbonyl (C=O) groups is 1. The third-order valence-electron chi connectivity index (χ3n) is 4.99. The number of halogens is 1. The Labute approximate surface area is 154 Å². The van der Waals surface area contributed by atoms with Gasteiger partial charge in [0.15, 0.2) is 11.6 Å². The van der Waals surface area contributed by atoms with Crippen LogP contribution in [0.4, 0.5) is 10.1 Å². The van der Waals surface area contributed by atoms with E-state index in [4.69, 9.17) is 4.74 Å². The summed E-state index contributed by atoms with van der Waals surface area (Å²) >= 11 is 0. The average Bonchev–Trinajstić information content (AvgIpc) is 2.68. The van der Waals surface area contributed by atoms with Crippen LogP contribution in [0, 0.1) is 12.7 Å². The van der Waals surface area contributed by atoms with Gasteiger partial charge in [-0.15, -0.1) is 0 Å². The van der Waals surface area contributed by atoms with Gasteiger partial charge in [0.1, 0.15) is 0 Å². The fourth-order valence-corrected chi connectivity index (χ4v) is 3.42. The third kappa shape index (κ3) is 3.52. The molecule has 1 heterocycles. The molecule has 1 saturated heterocycles. The van der Waals surface area contributed by atoms with E-state index in [1.807, 2.05) is 0 Å². The second-order valence-electron chi connectivity index (χ2n) is 6.57. The molecule has 2 aromatic rings. The van der Waals surface area contributed by atoms with E-state index < -0.39 is 5.82 Å². The molecule has 4 nitrogen and oxygen atoms in total. The van der Waals surface area contributed by atoms with Crippen molar-refractivity contribution in [1.82, 2.24) is 4.90 Å². The lowest BCUT2D eigenvalue weighted by molar-refractivity contribution is 0.0742. The van der Waals surface area contributed by atoms with Crippen LogP contribution in [-0.2, 0) is 6.42 Å². The smallest absolute Gasteiger partial charge is 0.257 e. The number of anilines is 1. The number of hydrogen-bond acceptors (Lipinski definition) is 3. The fraction of sp³-hybridized carbons (Fsp3) is 0.381. The molecule has 0 N–H and O–H groups in total. The molecular formula is C21H25FN2O2. The van der Waals surface area contributed by atoms with Crippen LogP contribution in [0.25, 0.3) is 0 Å². The van der Waals surface area contributed by atoms with E-state index in [9.17, 15) is 9.18 Å². The molecule has 3 rings (SSSR count). The van der Waals surface area contributed by atoms with E-state index in [2.05, 4.69) is 36.9 Å². The SMILES string of the molecule is CCc1ccc(C)c(N2CCN(C(=O)c3cccc(F)c3OC)CC2)c1. The van der Waals surface area contributed by atoms with Crippen LogP contribution in [0.5, 0.6) is 5.75 Å². The van der Waals surface area contributed by atoms with E-state index >= 15 is 0 Å². The molecule has 5 heteroatoms. The lowest BCUT2D eigenvalue weighted by Crippen LogP contribution is -2.49. The van der Waals surface area contributed by atoms with Gasteiger partial charge in [0, 0.05) is 31.9 Å².